The summed E-state index contributed by atoms with van der Waals surface area (Å²) in [5.41, 5.74) is 3.45. The minimum Gasteiger partial charge on any atom is -0.493 e. The monoisotopic (exact) mass is 531 g/mol. The van der Waals surface area contributed by atoms with Gasteiger partial charge in [-0.1, -0.05) is 55.1 Å². The molecule has 0 aliphatic heterocycles. The van der Waals surface area contributed by atoms with Crippen molar-refractivity contribution >= 4 is 29.1 Å². The second kappa shape index (κ2) is 11.7. The predicted molar refractivity (Wildman–Crippen MR) is 147 cm³/mol. The fourth-order valence-electron chi connectivity index (χ4n) is 4.87. The maximum absolute atomic E-state index is 12.9. The molecule has 2 aromatic carbocycles. The number of benzene rings is 2. The van der Waals surface area contributed by atoms with Crippen LogP contribution in [0.15, 0.2) is 73.1 Å². The normalized spacial score (nSPS) is 14.8. The first kappa shape index (κ1) is 25.8. The number of aromatic nitrogens is 2. The molecule has 1 atom stereocenters. The van der Waals surface area contributed by atoms with Crippen LogP contribution in [0.25, 0.3) is 16.8 Å². The topological polar surface area (TPSA) is 92.9 Å². The molecule has 7 nitrogen and oxygen atoms in total. The molecule has 2 N–H and O–H groups in total. The van der Waals surface area contributed by atoms with Gasteiger partial charge in [-0.2, -0.15) is 0 Å². The molecule has 0 unspecified atom stereocenters. The van der Waals surface area contributed by atoms with E-state index in [1.54, 1.807) is 10.6 Å². The van der Waals surface area contributed by atoms with Crippen molar-refractivity contribution < 1.29 is 19.4 Å². The standard InChI is InChI=1S/C30H30ClN3O4/c31-24-11-8-22(9-12-24)23-10-15-28-32-27(18-34(28)17-23)29(35)33-26(30(36)37)16-20-6-13-25(14-7-20)38-19-21-4-2-1-3-5-21/h6-15,17-18,21,26H,1-5,16,19H2,(H,33,35)(H,36,37)/t26-/m0/s1. The van der Waals surface area contributed by atoms with Crippen molar-refractivity contribution in [3.05, 3.63) is 89.3 Å². The molecule has 0 radical (unpaired) electrons. The van der Waals surface area contributed by atoms with E-state index in [1.165, 1.54) is 32.1 Å². The molecule has 1 aliphatic carbocycles. The molecular weight excluding hydrogens is 502 g/mol. The van der Waals surface area contributed by atoms with E-state index in [1.807, 2.05) is 66.9 Å². The molecule has 1 aliphatic rings. The average molecular weight is 532 g/mol. The molecule has 1 fully saturated rings. The van der Waals surface area contributed by atoms with Crippen LogP contribution in [0.5, 0.6) is 5.75 Å². The Kier molecular flexibility index (Phi) is 7.94. The first-order valence-electron chi connectivity index (χ1n) is 12.9. The highest BCUT2D eigenvalue weighted by Gasteiger charge is 2.23. The van der Waals surface area contributed by atoms with Crippen molar-refractivity contribution in [3.63, 3.8) is 0 Å². The predicted octanol–water partition coefficient (Wildman–Crippen LogP) is 6.04. The van der Waals surface area contributed by atoms with E-state index < -0.39 is 17.9 Å². The number of halogens is 1. The molecule has 1 amide bonds. The van der Waals surface area contributed by atoms with E-state index in [0.29, 0.717) is 23.2 Å². The molecule has 2 aromatic heterocycles. The Bertz CT molecular complexity index is 1410. The van der Waals surface area contributed by atoms with Crippen LogP contribution in [0.4, 0.5) is 0 Å². The number of carbonyl (C=O) groups is 2. The van der Waals surface area contributed by atoms with Gasteiger partial charge in [0.2, 0.25) is 0 Å². The van der Waals surface area contributed by atoms with E-state index in [0.717, 1.165) is 22.4 Å². The number of pyridine rings is 1. The average Bonchev–Trinajstić information content (AvgIpc) is 3.37. The third-order valence-corrected chi connectivity index (χ3v) is 7.29. The van der Waals surface area contributed by atoms with Gasteiger partial charge in [-0.3, -0.25) is 4.79 Å². The smallest absolute Gasteiger partial charge is 0.326 e. The molecule has 8 heteroatoms. The number of amides is 1. The number of imidazole rings is 1. The molecule has 1 saturated carbocycles. The zero-order valence-corrected chi connectivity index (χ0v) is 21.7. The number of nitrogens with zero attached hydrogens (tertiary/aromatic N) is 2. The summed E-state index contributed by atoms with van der Waals surface area (Å²) in [6, 6.07) is 17.5. The summed E-state index contributed by atoms with van der Waals surface area (Å²) in [7, 11) is 0. The van der Waals surface area contributed by atoms with Gasteiger partial charge in [0.1, 0.15) is 23.1 Å². The zero-order chi connectivity index (χ0) is 26.5. The number of carbonyl (C=O) groups excluding carboxylic acids is 1. The third-order valence-electron chi connectivity index (χ3n) is 7.04. The first-order valence-corrected chi connectivity index (χ1v) is 13.3. The Morgan fingerprint density at radius 1 is 0.974 bits per heavy atom. The number of rotatable bonds is 9. The van der Waals surface area contributed by atoms with Crippen LogP contribution in [0.1, 0.15) is 48.2 Å². The summed E-state index contributed by atoms with van der Waals surface area (Å²) in [5.74, 6) is -0.261. The fraction of sp³-hybridized carbons (Fsp3) is 0.300. The summed E-state index contributed by atoms with van der Waals surface area (Å²) < 4.78 is 7.69. The van der Waals surface area contributed by atoms with Crippen molar-refractivity contribution in [3.8, 4) is 16.9 Å². The quantitative estimate of drug-likeness (QED) is 0.275. The molecule has 196 valence electrons. The van der Waals surface area contributed by atoms with Crippen LogP contribution in [0.2, 0.25) is 5.02 Å². The van der Waals surface area contributed by atoms with Gasteiger partial charge in [0.05, 0.1) is 6.61 Å². The van der Waals surface area contributed by atoms with Gasteiger partial charge in [0, 0.05) is 23.8 Å². The van der Waals surface area contributed by atoms with Gasteiger partial charge in [-0.25, -0.2) is 9.78 Å². The van der Waals surface area contributed by atoms with Crippen LogP contribution in [0.3, 0.4) is 0 Å². The van der Waals surface area contributed by atoms with Gasteiger partial charge in [-0.05, 0) is 71.8 Å². The number of nitrogens with one attached hydrogen (secondary N) is 1. The lowest BCUT2D eigenvalue weighted by Gasteiger charge is -2.21. The van der Waals surface area contributed by atoms with Gasteiger partial charge in [0.15, 0.2) is 0 Å². The summed E-state index contributed by atoms with van der Waals surface area (Å²) in [5, 5.41) is 13.0. The lowest BCUT2D eigenvalue weighted by Crippen LogP contribution is -2.42. The van der Waals surface area contributed by atoms with Crippen LogP contribution >= 0.6 is 11.6 Å². The highest BCUT2D eigenvalue weighted by molar-refractivity contribution is 6.30. The van der Waals surface area contributed by atoms with Crippen molar-refractivity contribution in [2.75, 3.05) is 6.61 Å². The second-order valence-electron chi connectivity index (χ2n) is 9.84. The molecule has 0 spiro atoms. The third kappa shape index (κ3) is 6.34. The van der Waals surface area contributed by atoms with Crippen LogP contribution < -0.4 is 10.1 Å². The Morgan fingerprint density at radius 3 is 2.39 bits per heavy atom. The van der Waals surface area contributed by atoms with E-state index in [-0.39, 0.29) is 12.1 Å². The highest BCUT2D eigenvalue weighted by Crippen LogP contribution is 2.25. The number of fused-ring (bicyclic) bond motifs is 1. The van der Waals surface area contributed by atoms with Gasteiger partial charge < -0.3 is 19.6 Å². The van der Waals surface area contributed by atoms with Gasteiger partial charge in [-0.15, -0.1) is 0 Å². The summed E-state index contributed by atoms with van der Waals surface area (Å²) in [6.45, 7) is 0.716. The van der Waals surface area contributed by atoms with E-state index in [4.69, 9.17) is 16.3 Å². The van der Waals surface area contributed by atoms with E-state index >= 15 is 0 Å². The summed E-state index contributed by atoms with van der Waals surface area (Å²) in [4.78, 5) is 29.2. The second-order valence-corrected chi connectivity index (χ2v) is 10.3. The molecule has 2 heterocycles. The highest BCUT2D eigenvalue weighted by atomic mass is 35.5. The first-order chi connectivity index (χ1) is 18.4. The Hall–Kier alpha value is -3.84. The fourth-order valence-corrected chi connectivity index (χ4v) is 5.00. The minimum absolute atomic E-state index is 0.149. The minimum atomic E-state index is -1.11. The van der Waals surface area contributed by atoms with Crippen molar-refractivity contribution in [1.29, 1.82) is 0 Å². The van der Waals surface area contributed by atoms with E-state index in [9.17, 15) is 14.7 Å². The van der Waals surface area contributed by atoms with E-state index in [2.05, 4.69) is 10.3 Å². The zero-order valence-electron chi connectivity index (χ0n) is 21.0. The molecule has 5 rings (SSSR count). The van der Waals surface area contributed by atoms with Gasteiger partial charge in [0.25, 0.3) is 5.91 Å². The maximum Gasteiger partial charge on any atom is 0.326 e. The van der Waals surface area contributed by atoms with Crippen molar-refractivity contribution in [2.45, 2.75) is 44.6 Å². The SMILES string of the molecule is O=C(N[C@@H](Cc1ccc(OCC2CCCCC2)cc1)C(=O)O)c1cn2cc(-c3ccc(Cl)cc3)ccc2n1. The number of carboxylic acids is 1. The molecule has 38 heavy (non-hydrogen) atoms. The summed E-state index contributed by atoms with van der Waals surface area (Å²) >= 11 is 5.99. The summed E-state index contributed by atoms with van der Waals surface area (Å²) in [6.07, 6.45) is 9.91. The van der Waals surface area contributed by atoms with Crippen molar-refractivity contribution in [1.82, 2.24) is 14.7 Å². The van der Waals surface area contributed by atoms with Crippen LogP contribution in [-0.4, -0.2) is 39.0 Å². The number of carboxylic acid groups (broad SMARTS) is 1. The Morgan fingerprint density at radius 2 is 1.68 bits per heavy atom. The maximum atomic E-state index is 12.9. The number of hydrogen-bond donors (Lipinski definition) is 2. The molecule has 0 bridgehead atoms. The Labute approximate surface area is 226 Å². The molecular formula is C30H30ClN3O4. The van der Waals surface area contributed by atoms with Crippen LogP contribution in [-0.2, 0) is 11.2 Å². The van der Waals surface area contributed by atoms with Crippen molar-refractivity contribution in [2.24, 2.45) is 5.92 Å². The Balaban J connectivity index is 1.22. The molecule has 4 aromatic rings. The number of hydrogen-bond acceptors (Lipinski definition) is 4. The lowest BCUT2D eigenvalue weighted by molar-refractivity contribution is -0.139. The molecule has 0 saturated heterocycles. The van der Waals surface area contributed by atoms with Crippen LogP contribution in [0, 0.1) is 5.92 Å². The number of aliphatic carboxylic acids is 1. The van der Waals surface area contributed by atoms with Gasteiger partial charge >= 0.3 is 5.97 Å². The largest absolute Gasteiger partial charge is 0.493 e. The number of ether oxygens (including phenoxy) is 1. The lowest BCUT2D eigenvalue weighted by atomic mass is 9.90.